The molecule has 0 aromatic rings. The van der Waals surface area contributed by atoms with E-state index in [9.17, 15) is 4.79 Å². The maximum atomic E-state index is 9.89. The zero-order valence-electron chi connectivity index (χ0n) is 5.44. The molecule has 0 aliphatic heterocycles. The van der Waals surface area contributed by atoms with Crippen molar-refractivity contribution in [3.05, 3.63) is 11.5 Å². The molecule has 0 aliphatic rings. The van der Waals surface area contributed by atoms with Gasteiger partial charge in [0.05, 0.1) is 11.3 Å². The predicted octanol–water partition coefficient (Wildman–Crippen LogP) is 1.23. The third-order valence-corrected chi connectivity index (χ3v) is 1.48. The summed E-state index contributed by atoms with van der Waals surface area (Å²) in [6.45, 7) is 1.71. The average Bonchev–Trinajstić information content (AvgIpc) is 1.87. The number of carbonyl (C=O) groups is 1. The van der Waals surface area contributed by atoms with Crippen LogP contribution >= 0.6 is 11.8 Å². The Balaban J connectivity index is 3.56. The highest BCUT2D eigenvalue weighted by atomic mass is 32.2. The Morgan fingerprint density at radius 3 is 2.90 bits per heavy atom. The molecule has 1 atom stereocenters. The third kappa shape index (κ3) is 5.19. The lowest BCUT2D eigenvalue weighted by Crippen LogP contribution is -1.88. The SMILES string of the molecule is CC(C#N)SC=CC(=O)O. The molecule has 0 saturated heterocycles. The first-order valence-corrected chi connectivity index (χ1v) is 3.55. The van der Waals surface area contributed by atoms with E-state index in [0.29, 0.717) is 0 Å². The molecule has 0 aromatic carbocycles. The second kappa shape index (κ2) is 4.89. The van der Waals surface area contributed by atoms with Gasteiger partial charge in [-0.2, -0.15) is 5.26 Å². The Kier molecular flexibility index (Phi) is 4.42. The highest BCUT2D eigenvalue weighted by Gasteiger charge is 1.94. The van der Waals surface area contributed by atoms with Crippen LogP contribution in [0.3, 0.4) is 0 Å². The van der Waals surface area contributed by atoms with Crippen molar-refractivity contribution in [3.63, 3.8) is 0 Å². The highest BCUT2D eigenvalue weighted by molar-refractivity contribution is 8.02. The van der Waals surface area contributed by atoms with Crippen molar-refractivity contribution in [1.82, 2.24) is 0 Å². The second-order valence-electron chi connectivity index (χ2n) is 1.55. The molecule has 0 heterocycles. The van der Waals surface area contributed by atoms with E-state index in [2.05, 4.69) is 0 Å². The van der Waals surface area contributed by atoms with Gasteiger partial charge in [0.25, 0.3) is 0 Å². The predicted molar refractivity (Wildman–Crippen MR) is 39.4 cm³/mol. The summed E-state index contributed by atoms with van der Waals surface area (Å²) in [7, 11) is 0. The minimum absolute atomic E-state index is 0.185. The van der Waals surface area contributed by atoms with Crippen molar-refractivity contribution < 1.29 is 9.90 Å². The number of hydrogen-bond acceptors (Lipinski definition) is 3. The average molecular weight is 157 g/mol. The normalized spacial score (nSPS) is 12.8. The zero-order chi connectivity index (χ0) is 7.98. The van der Waals surface area contributed by atoms with Crippen LogP contribution in [-0.4, -0.2) is 16.3 Å². The van der Waals surface area contributed by atoms with Crippen LogP contribution in [0.25, 0.3) is 0 Å². The van der Waals surface area contributed by atoms with Crippen LogP contribution in [0.5, 0.6) is 0 Å². The molecule has 0 spiro atoms. The summed E-state index contributed by atoms with van der Waals surface area (Å²) in [5.74, 6) is -0.988. The maximum Gasteiger partial charge on any atom is 0.328 e. The van der Waals surface area contributed by atoms with Gasteiger partial charge < -0.3 is 5.11 Å². The molecule has 0 amide bonds. The summed E-state index contributed by atoms with van der Waals surface area (Å²) < 4.78 is 0. The zero-order valence-corrected chi connectivity index (χ0v) is 6.26. The van der Waals surface area contributed by atoms with Crippen LogP contribution in [0.1, 0.15) is 6.92 Å². The van der Waals surface area contributed by atoms with E-state index in [1.165, 1.54) is 17.2 Å². The van der Waals surface area contributed by atoms with Gasteiger partial charge in [0.2, 0.25) is 0 Å². The van der Waals surface area contributed by atoms with Gasteiger partial charge in [0, 0.05) is 6.08 Å². The van der Waals surface area contributed by atoms with Crippen molar-refractivity contribution >= 4 is 17.7 Å². The van der Waals surface area contributed by atoms with E-state index in [-0.39, 0.29) is 5.25 Å². The number of aliphatic carboxylic acids is 1. The van der Waals surface area contributed by atoms with E-state index in [1.807, 2.05) is 6.07 Å². The van der Waals surface area contributed by atoms with Gasteiger partial charge in [-0.25, -0.2) is 4.79 Å². The van der Waals surface area contributed by atoms with Crippen molar-refractivity contribution in [1.29, 1.82) is 5.26 Å². The number of nitrogens with zero attached hydrogens (tertiary/aromatic N) is 1. The standard InChI is InChI=1S/C6H7NO2S/c1-5(4-7)10-3-2-6(8)9/h2-3,5H,1H3,(H,8,9). The molecule has 54 valence electrons. The third-order valence-electron chi connectivity index (χ3n) is 0.675. The fraction of sp³-hybridized carbons (Fsp3) is 0.333. The lowest BCUT2D eigenvalue weighted by molar-refractivity contribution is -0.131. The molecule has 0 aliphatic carbocycles. The molecule has 10 heavy (non-hydrogen) atoms. The number of nitriles is 1. The molecule has 4 heteroatoms. The Labute approximate surface area is 63.3 Å². The number of hydrogen-bond donors (Lipinski definition) is 1. The van der Waals surface area contributed by atoms with Gasteiger partial charge in [-0.1, -0.05) is 0 Å². The highest BCUT2D eigenvalue weighted by Crippen LogP contribution is 2.09. The van der Waals surface area contributed by atoms with Crippen molar-refractivity contribution in [3.8, 4) is 6.07 Å². The topological polar surface area (TPSA) is 61.1 Å². The first kappa shape index (κ1) is 9.05. The minimum Gasteiger partial charge on any atom is -0.478 e. The summed E-state index contributed by atoms with van der Waals surface area (Å²) in [6.07, 6.45) is 1.01. The van der Waals surface area contributed by atoms with E-state index in [1.54, 1.807) is 6.92 Å². The molecule has 1 N–H and O–H groups in total. The molecule has 0 fully saturated rings. The largest absolute Gasteiger partial charge is 0.478 e. The molecule has 0 saturated carbocycles. The molecule has 3 nitrogen and oxygen atoms in total. The van der Waals surface area contributed by atoms with Crippen molar-refractivity contribution in [2.24, 2.45) is 0 Å². The monoisotopic (exact) mass is 157 g/mol. The Morgan fingerprint density at radius 1 is 1.90 bits per heavy atom. The molecule has 0 rings (SSSR count). The summed E-state index contributed by atoms with van der Waals surface area (Å²) in [5.41, 5.74) is 0. The molecule has 0 bridgehead atoms. The Morgan fingerprint density at radius 2 is 2.50 bits per heavy atom. The second-order valence-corrected chi connectivity index (χ2v) is 2.80. The molecule has 0 aromatic heterocycles. The lowest BCUT2D eigenvalue weighted by Gasteiger charge is -1.91. The molecular weight excluding hydrogens is 150 g/mol. The van der Waals surface area contributed by atoms with E-state index >= 15 is 0 Å². The van der Waals surface area contributed by atoms with E-state index in [0.717, 1.165) is 6.08 Å². The number of rotatable bonds is 3. The molecular formula is C6H7NO2S. The van der Waals surface area contributed by atoms with E-state index in [4.69, 9.17) is 10.4 Å². The van der Waals surface area contributed by atoms with Crippen LogP contribution in [0.4, 0.5) is 0 Å². The van der Waals surface area contributed by atoms with Gasteiger partial charge in [0.1, 0.15) is 0 Å². The summed E-state index contributed by atoms with van der Waals surface area (Å²) in [4.78, 5) is 9.89. The number of thioether (sulfide) groups is 1. The van der Waals surface area contributed by atoms with Crippen LogP contribution in [0, 0.1) is 11.3 Å². The van der Waals surface area contributed by atoms with Gasteiger partial charge in [-0.3, -0.25) is 0 Å². The van der Waals surface area contributed by atoms with Crippen LogP contribution in [0.15, 0.2) is 11.5 Å². The number of carboxylic acids is 1. The van der Waals surface area contributed by atoms with Crippen molar-refractivity contribution in [2.75, 3.05) is 0 Å². The van der Waals surface area contributed by atoms with E-state index < -0.39 is 5.97 Å². The van der Waals surface area contributed by atoms with Gasteiger partial charge in [-0.15, -0.1) is 11.8 Å². The van der Waals surface area contributed by atoms with Gasteiger partial charge in [0.15, 0.2) is 0 Å². The molecule has 1 unspecified atom stereocenters. The first-order chi connectivity index (χ1) is 4.66. The lowest BCUT2D eigenvalue weighted by atomic mass is 10.5. The Hall–Kier alpha value is -0.950. The minimum atomic E-state index is -0.988. The van der Waals surface area contributed by atoms with Gasteiger partial charge in [-0.05, 0) is 12.3 Å². The van der Waals surface area contributed by atoms with Crippen LogP contribution in [-0.2, 0) is 4.79 Å². The molecule has 0 radical (unpaired) electrons. The van der Waals surface area contributed by atoms with Gasteiger partial charge >= 0.3 is 5.97 Å². The van der Waals surface area contributed by atoms with Crippen molar-refractivity contribution in [2.45, 2.75) is 12.2 Å². The smallest absolute Gasteiger partial charge is 0.328 e. The summed E-state index contributed by atoms with van der Waals surface area (Å²) in [5, 5.41) is 17.6. The fourth-order valence-electron chi connectivity index (χ4n) is 0.246. The van der Waals surface area contributed by atoms with Crippen LogP contribution in [0.2, 0.25) is 0 Å². The van der Waals surface area contributed by atoms with Crippen LogP contribution < -0.4 is 0 Å². The first-order valence-electron chi connectivity index (χ1n) is 2.61. The quantitative estimate of drug-likeness (QED) is 0.626. The maximum absolute atomic E-state index is 9.89. The fourth-order valence-corrected chi connectivity index (χ4v) is 0.737. The Bertz CT molecular complexity index is 183. The summed E-state index contributed by atoms with van der Waals surface area (Å²) in [6, 6.07) is 1.96. The number of carboxylic acid groups (broad SMARTS) is 1. The summed E-state index contributed by atoms with van der Waals surface area (Å²) >= 11 is 1.18.